The van der Waals surface area contributed by atoms with E-state index in [9.17, 15) is 10.1 Å². The van der Waals surface area contributed by atoms with Crippen molar-refractivity contribution in [2.75, 3.05) is 4.90 Å². The third kappa shape index (κ3) is 2.51. The standard InChI is InChI=1S/C13H17BrN2O2/c1-9-4-3-5-10(2)15(9)13-7-6-11(16(17)18)8-12(13)14/h6-10H,3-5H2,1-2H3/t9-,10-/m1/s1. The molecule has 0 unspecified atom stereocenters. The number of hydrogen-bond acceptors (Lipinski definition) is 3. The van der Waals surface area contributed by atoms with Gasteiger partial charge in [-0.1, -0.05) is 0 Å². The Morgan fingerprint density at radius 3 is 2.44 bits per heavy atom. The molecule has 0 N–H and O–H groups in total. The third-order valence-electron chi connectivity index (χ3n) is 3.61. The number of hydrogen-bond donors (Lipinski definition) is 0. The van der Waals surface area contributed by atoms with E-state index < -0.39 is 0 Å². The Balaban J connectivity index is 2.35. The zero-order valence-electron chi connectivity index (χ0n) is 10.6. The number of nitro benzene ring substituents is 1. The largest absolute Gasteiger partial charge is 0.365 e. The number of nitro groups is 1. The molecule has 1 fully saturated rings. The molecule has 1 aromatic rings. The molecule has 98 valence electrons. The average molecular weight is 313 g/mol. The Labute approximate surface area is 115 Å². The first-order valence-electron chi connectivity index (χ1n) is 6.23. The maximum atomic E-state index is 10.7. The highest BCUT2D eigenvalue weighted by Crippen LogP contribution is 2.36. The molecule has 0 spiro atoms. The van der Waals surface area contributed by atoms with E-state index >= 15 is 0 Å². The highest BCUT2D eigenvalue weighted by atomic mass is 79.9. The first kappa shape index (κ1) is 13.3. The molecule has 0 aliphatic carbocycles. The average Bonchev–Trinajstić information content (AvgIpc) is 2.30. The number of piperidine rings is 1. The zero-order valence-corrected chi connectivity index (χ0v) is 12.2. The van der Waals surface area contributed by atoms with Crippen LogP contribution in [0.4, 0.5) is 11.4 Å². The van der Waals surface area contributed by atoms with Gasteiger partial charge < -0.3 is 4.90 Å². The van der Waals surface area contributed by atoms with E-state index in [0.717, 1.165) is 10.2 Å². The van der Waals surface area contributed by atoms with Crippen LogP contribution in [0.3, 0.4) is 0 Å². The van der Waals surface area contributed by atoms with Crippen LogP contribution in [0.2, 0.25) is 0 Å². The summed E-state index contributed by atoms with van der Waals surface area (Å²) in [7, 11) is 0. The SMILES string of the molecule is C[C@@H]1CCC[C@@H](C)N1c1ccc([N+](=O)[O-])cc1Br. The predicted octanol–water partition coefficient (Wildman–Crippen LogP) is 4.12. The van der Waals surface area contributed by atoms with Crippen LogP contribution in [-0.4, -0.2) is 17.0 Å². The minimum atomic E-state index is -0.363. The molecule has 0 aromatic heterocycles. The second-order valence-electron chi connectivity index (χ2n) is 4.93. The smallest absolute Gasteiger partial charge is 0.270 e. The Hall–Kier alpha value is -1.10. The maximum Gasteiger partial charge on any atom is 0.270 e. The minimum absolute atomic E-state index is 0.128. The lowest BCUT2D eigenvalue weighted by atomic mass is 9.96. The summed E-state index contributed by atoms with van der Waals surface area (Å²) in [4.78, 5) is 12.7. The lowest BCUT2D eigenvalue weighted by Gasteiger charge is -2.41. The fraction of sp³-hybridized carbons (Fsp3) is 0.538. The van der Waals surface area contributed by atoms with E-state index in [1.165, 1.54) is 19.3 Å². The molecule has 4 nitrogen and oxygen atoms in total. The van der Waals surface area contributed by atoms with E-state index in [2.05, 4.69) is 34.7 Å². The molecular weight excluding hydrogens is 296 g/mol. The summed E-state index contributed by atoms with van der Waals surface area (Å²) in [6.07, 6.45) is 3.60. The normalized spacial score (nSPS) is 24.1. The van der Waals surface area contributed by atoms with E-state index in [4.69, 9.17) is 0 Å². The first-order chi connectivity index (χ1) is 8.50. The van der Waals surface area contributed by atoms with Gasteiger partial charge in [-0.05, 0) is 55.1 Å². The minimum Gasteiger partial charge on any atom is -0.365 e. The summed E-state index contributed by atoms with van der Waals surface area (Å²) in [5.41, 5.74) is 1.18. The highest BCUT2D eigenvalue weighted by Gasteiger charge is 2.26. The van der Waals surface area contributed by atoms with Crippen molar-refractivity contribution in [1.29, 1.82) is 0 Å². The van der Waals surface area contributed by atoms with Crippen molar-refractivity contribution in [1.82, 2.24) is 0 Å². The Kier molecular flexibility index (Phi) is 3.90. The van der Waals surface area contributed by atoms with Gasteiger partial charge in [0.25, 0.3) is 5.69 Å². The van der Waals surface area contributed by atoms with Crippen LogP contribution in [0.15, 0.2) is 22.7 Å². The summed E-state index contributed by atoms with van der Waals surface area (Å²) in [5.74, 6) is 0. The molecule has 0 amide bonds. The molecule has 1 saturated heterocycles. The van der Waals surface area contributed by atoms with Crippen molar-refractivity contribution in [2.45, 2.75) is 45.2 Å². The van der Waals surface area contributed by atoms with Gasteiger partial charge in [-0.15, -0.1) is 0 Å². The van der Waals surface area contributed by atoms with Crippen molar-refractivity contribution in [3.05, 3.63) is 32.8 Å². The summed E-state index contributed by atoms with van der Waals surface area (Å²) in [6, 6.07) is 5.97. The van der Waals surface area contributed by atoms with Crippen LogP contribution in [0.5, 0.6) is 0 Å². The number of benzene rings is 1. The highest BCUT2D eigenvalue weighted by molar-refractivity contribution is 9.10. The summed E-state index contributed by atoms with van der Waals surface area (Å²) >= 11 is 3.46. The lowest BCUT2D eigenvalue weighted by Crippen LogP contribution is -2.44. The van der Waals surface area contributed by atoms with E-state index in [-0.39, 0.29) is 10.6 Å². The van der Waals surface area contributed by atoms with Crippen LogP contribution >= 0.6 is 15.9 Å². The molecule has 0 bridgehead atoms. The number of anilines is 1. The number of nitrogens with zero attached hydrogens (tertiary/aromatic N) is 2. The fourth-order valence-electron chi connectivity index (χ4n) is 2.71. The van der Waals surface area contributed by atoms with Gasteiger partial charge in [0, 0.05) is 28.7 Å². The van der Waals surface area contributed by atoms with Crippen molar-refractivity contribution < 1.29 is 4.92 Å². The van der Waals surface area contributed by atoms with E-state index in [1.807, 2.05) is 6.07 Å². The summed E-state index contributed by atoms with van der Waals surface area (Å²) < 4.78 is 0.803. The first-order valence-corrected chi connectivity index (χ1v) is 7.02. The Morgan fingerprint density at radius 2 is 1.94 bits per heavy atom. The number of halogens is 1. The monoisotopic (exact) mass is 312 g/mol. The van der Waals surface area contributed by atoms with Crippen LogP contribution in [0.1, 0.15) is 33.1 Å². The number of non-ortho nitro benzene ring substituents is 1. The number of rotatable bonds is 2. The van der Waals surface area contributed by atoms with E-state index in [0.29, 0.717) is 12.1 Å². The molecule has 1 heterocycles. The predicted molar refractivity (Wildman–Crippen MR) is 76.1 cm³/mol. The van der Waals surface area contributed by atoms with Crippen LogP contribution in [-0.2, 0) is 0 Å². The van der Waals surface area contributed by atoms with Gasteiger partial charge in [-0.3, -0.25) is 10.1 Å². The Bertz CT molecular complexity index is 454. The topological polar surface area (TPSA) is 46.4 Å². The van der Waals surface area contributed by atoms with Crippen LogP contribution < -0.4 is 4.90 Å². The maximum absolute atomic E-state index is 10.7. The van der Waals surface area contributed by atoms with Gasteiger partial charge in [0.15, 0.2) is 0 Å². The Morgan fingerprint density at radius 1 is 1.33 bits per heavy atom. The summed E-state index contributed by atoms with van der Waals surface area (Å²) in [5, 5.41) is 10.7. The molecule has 1 aromatic carbocycles. The zero-order chi connectivity index (χ0) is 13.3. The van der Waals surface area contributed by atoms with Crippen molar-refractivity contribution in [2.24, 2.45) is 0 Å². The quantitative estimate of drug-likeness (QED) is 0.609. The van der Waals surface area contributed by atoms with Gasteiger partial charge in [0.2, 0.25) is 0 Å². The van der Waals surface area contributed by atoms with Crippen molar-refractivity contribution >= 4 is 27.3 Å². The molecule has 1 aliphatic heterocycles. The van der Waals surface area contributed by atoms with Gasteiger partial charge in [0.1, 0.15) is 0 Å². The van der Waals surface area contributed by atoms with Gasteiger partial charge in [0.05, 0.1) is 10.6 Å². The molecule has 0 saturated carbocycles. The second-order valence-corrected chi connectivity index (χ2v) is 5.78. The van der Waals surface area contributed by atoms with Gasteiger partial charge in [-0.2, -0.15) is 0 Å². The molecule has 0 radical (unpaired) electrons. The fourth-order valence-corrected chi connectivity index (χ4v) is 3.29. The van der Waals surface area contributed by atoms with Crippen LogP contribution in [0.25, 0.3) is 0 Å². The summed E-state index contributed by atoms with van der Waals surface area (Å²) in [6.45, 7) is 4.42. The van der Waals surface area contributed by atoms with Gasteiger partial charge >= 0.3 is 0 Å². The molecule has 18 heavy (non-hydrogen) atoms. The molecule has 2 atom stereocenters. The van der Waals surface area contributed by atoms with E-state index in [1.54, 1.807) is 12.1 Å². The van der Waals surface area contributed by atoms with Crippen molar-refractivity contribution in [3.8, 4) is 0 Å². The molecular formula is C13H17BrN2O2. The van der Waals surface area contributed by atoms with Gasteiger partial charge in [-0.25, -0.2) is 0 Å². The molecule has 2 rings (SSSR count). The lowest BCUT2D eigenvalue weighted by molar-refractivity contribution is -0.384. The van der Waals surface area contributed by atoms with Crippen molar-refractivity contribution in [3.63, 3.8) is 0 Å². The molecule has 5 heteroatoms. The third-order valence-corrected chi connectivity index (χ3v) is 4.25. The second kappa shape index (κ2) is 5.26. The van der Waals surface area contributed by atoms with Crippen LogP contribution in [0, 0.1) is 10.1 Å². The molecule has 1 aliphatic rings.